The molecular formula is C13H14BrN3O2. The highest BCUT2D eigenvalue weighted by Gasteiger charge is 2.14. The van der Waals surface area contributed by atoms with Crippen LogP contribution in [0.4, 0.5) is 5.69 Å². The van der Waals surface area contributed by atoms with E-state index in [0.717, 1.165) is 35.9 Å². The van der Waals surface area contributed by atoms with Crippen LogP contribution in [0.3, 0.4) is 0 Å². The van der Waals surface area contributed by atoms with Crippen molar-refractivity contribution in [2.75, 3.05) is 5.32 Å². The van der Waals surface area contributed by atoms with E-state index in [9.17, 15) is 9.59 Å². The van der Waals surface area contributed by atoms with E-state index in [1.165, 1.54) is 0 Å². The van der Waals surface area contributed by atoms with E-state index in [4.69, 9.17) is 0 Å². The third-order valence-corrected chi connectivity index (χ3v) is 3.28. The number of hydrogen-bond acceptors (Lipinski definition) is 3. The van der Waals surface area contributed by atoms with Crippen LogP contribution in [-0.2, 0) is 9.59 Å². The summed E-state index contributed by atoms with van der Waals surface area (Å²) in [5.74, 6) is -1.47. The Morgan fingerprint density at radius 2 is 1.89 bits per heavy atom. The molecule has 6 heteroatoms. The van der Waals surface area contributed by atoms with Gasteiger partial charge in [-0.1, -0.05) is 22.0 Å². The molecule has 19 heavy (non-hydrogen) atoms. The molecule has 0 bridgehead atoms. The van der Waals surface area contributed by atoms with Crippen molar-refractivity contribution in [3.05, 3.63) is 28.7 Å². The van der Waals surface area contributed by atoms with Crippen molar-refractivity contribution in [3.63, 3.8) is 0 Å². The molecule has 2 rings (SSSR count). The molecule has 0 saturated heterocycles. The summed E-state index contributed by atoms with van der Waals surface area (Å²) >= 11 is 3.29. The average Bonchev–Trinajstić information content (AvgIpc) is 2.89. The molecule has 5 nitrogen and oxygen atoms in total. The van der Waals surface area contributed by atoms with Crippen LogP contribution < -0.4 is 10.7 Å². The highest BCUT2D eigenvalue weighted by Crippen LogP contribution is 2.15. The Bertz CT molecular complexity index is 520. The first-order valence-electron chi connectivity index (χ1n) is 6.07. The maximum atomic E-state index is 11.6. The van der Waals surface area contributed by atoms with Crippen molar-refractivity contribution in [2.45, 2.75) is 25.7 Å². The number of hydrazone groups is 1. The average molecular weight is 324 g/mol. The Labute approximate surface area is 119 Å². The zero-order valence-electron chi connectivity index (χ0n) is 10.3. The van der Waals surface area contributed by atoms with Gasteiger partial charge in [-0.05, 0) is 43.9 Å². The second kappa shape index (κ2) is 6.47. The molecule has 0 unspecified atom stereocenters. The summed E-state index contributed by atoms with van der Waals surface area (Å²) in [5, 5.41) is 6.46. The van der Waals surface area contributed by atoms with Gasteiger partial charge in [-0.15, -0.1) is 0 Å². The Hall–Kier alpha value is -1.69. The van der Waals surface area contributed by atoms with Gasteiger partial charge < -0.3 is 5.32 Å². The van der Waals surface area contributed by atoms with Crippen LogP contribution in [0.2, 0.25) is 0 Å². The Kier molecular flexibility index (Phi) is 4.68. The summed E-state index contributed by atoms with van der Waals surface area (Å²) in [6.45, 7) is 0. The molecule has 0 heterocycles. The molecule has 1 aliphatic rings. The van der Waals surface area contributed by atoms with Gasteiger partial charge in [0.1, 0.15) is 0 Å². The highest BCUT2D eigenvalue weighted by molar-refractivity contribution is 9.10. The smallest absolute Gasteiger partial charge is 0.318 e. The number of carbonyl (C=O) groups is 2. The van der Waals surface area contributed by atoms with Gasteiger partial charge in [0.2, 0.25) is 0 Å². The van der Waals surface area contributed by atoms with Crippen molar-refractivity contribution in [3.8, 4) is 0 Å². The molecular weight excluding hydrogens is 310 g/mol. The molecule has 1 saturated carbocycles. The van der Waals surface area contributed by atoms with Crippen LogP contribution >= 0.6 is 15.9 Å². The molecule has 2 N–H and O–H groups in total. The number of anilines is 1. The number of hydrogen-bond donors (Lipinski definition) is 2. The highest BCUT2D eigenvalue weighted by atomic mass is 79.9. The predicted octanol–water partition coefficient (Wildman–Crippen LogP) is 2.43. The number of nitrogens with zero attached hydrogens (tertiary/aromatic N) is 1. The summed E-state index contributed by atoms with van der Waals surface area (Å²) in [5.41, 5.74) is 3.79. The molecule has 1 aliphatic carbocycles. The first-order valence-corrected chi connectivity index (χ1v) is 6.87. The first kappa shape index (κ1) is 13.7. The Balaban J connectivity index is 1.89. The number of halogens is 1. The second-order valence-electron chi connectivity index (χ2n) is 4.29. The van der Waals surface area contributed by atoms with Crippen molar-refractivity contribution < 1.29 is 9.59 Å². The van der Waals surface area contributed by atoms with Gasteiger partial charge in [0.15, 0.2) is 0 Å². The minimum absolute atomic E-state index is 0.558. The number of benzene rings is 1. The van der Waals surface area contributed by atoms with E-state index in [0.29, 0.717) is 5.69 Å². The van der Waals surface area contributed by atoms with Crippen molar-refractivity contribution in [2.24, 2.45) is 5.10 Å². The van der Waals surface area contributed by atoms with E-state index >= 15 is 0 Å². The summed E-state index contributed by atoms with van der Waals surface area (Å²) in [4.78, 5) is 23.2. The zero-order valence-corrected chi connectivity index (χ0v) is 11.9. The number of carbonyl (C=O) groups excluding carboxylic acids is 2. The van der Waals surface area contributed by atoms with E-state index in [1.807, 2.05) is 6.07 Å². The lowest BCUT2D eigenvalue weighted by molar-refractivity contribution is -0.136. The second-order valence-corrected chi connectivity index (χ2v) is 5.21. The van der Waals surface area contributed by atoms with Gasteiger partial charge in [-0.3, -0.25) is 9.59 Å². The summed E-state index contributed by atoms with van der Waals surface area (Å²) in [7, 11) is 0. The third kappa shape index (κ3) is 4.17. The molecule has 2 amide bonds. The number of amides is 2. The van der Waals surface area contributed by atoms with Gasteiger partial charge in [0.05, 0.1) is 0 Å². The zero-order chi connectivity index (χ0) is 13.7. The first-order chi connectivity index (χ1) is 9.15. The summed E-state index contributed by atoms with van der Waals surface area (Å²) < 4.78 is 0.830. The Morgan fingerprint density at radius 1 is 1.16 bits per heavy atom. The topological polar surface area (TPSA) is 70.6 Å². The standard InChI is InChI=1S/C13H14BrN3O2/c14-9-4-3-7-11(8-9)15-12(18)13(19)17-16-10-5-1-2-6-10/h3-4,7-8H,1-2,5-6H2,(H,15,18)(H,17,19). The monoisotopic (exact) mass is 323 g/mol. The quantitative estimate of drug-likeness (QED) is 0.648. The van der Waals surface area contributed by atoms with Crippen LogP contribution in [0.15, 0.2) is 33.8 Å². The Morgan fingerprint density at radius 3 is 2.58 bits per heavy atom. The van der Waals surface area contributed by atoms with Gasteiger partial charge >= 0.3 is 11.8 Å². The predicted molar refractivity (Wildman–Crippen MR) is 76.8 cm³/mol. The molecule has 100 valence electrons. The summed E-state index contributed by atoms with van der Waals surface area (Å²) in [6, 6.07) is 7.03. The van der Waals surface area contributed by atoms with Crippen LogP contribution in [0.1, 0.15) is 25.7 Å². The fourth-order valence-electron chi connectivity index (χ4n) is 1.83. The van der Waals surface area contributed by atoms with Crippen LogP contribution in [0, 0.1) is 0 Å². The molecule has 0 aliphatic heterocycles. The van der Waals surface area contributed by atoms with E-state index in [1.54, 1.807) is 18.2 Å². The molecule has 1 aromatic rings. The molecule has 0 aromatic heterocycles. The fraction of sp³-hybridized carbons (Fsp3) is 0.308. The normalized spacial score (nSPS) is 14.1. The van der Waals surface area contributed by atoms with Crippen molar-refractivity contribution in [1.29, 1.82) is 0 Å². The van der Waals surface area contributed by atoms with Gasteiger partial charge in [0.25, 0.3) is 0 Å². The molecule has 1 fully saturated rings. The van der Waals surface area contributed by atoms with Crippen LogP contribution in [0.25, 0.3) is 0 Å². The van der Waals surface area contributed by atoms with E-state index < -0.39 is 11.8 Å². The fourth-order valence-corrected chi connectivity index (χ4v) is 2.23. The third-order valence-electron chi connectivity index (χ3n) is 2.78. The summed E-state index contributed by atoms with van der Waals surface area (Å²) in [6.07, 6.45) is 3.99. The number of nitrogens with one attached hydrogen (secondary N) is 2. The van der Waals surface area contributed by atoms with Crippen molar-refractivity contribution >= 4 is 39.1 Å². The lowest BCUT2D eigenvalue weighted by Gasteiger charge is -2.04. The van der Waals surface area contributed by atoms with Crippen LogP contribution in [0.5, 0.6) is 0 Å². The van der Waals surface area contributed by atoms with Crippen LogP contribution in [-0.4, -0.2) is 17.5 Å². The molecule has 0 atom stereocenters. The van der Waals surface area contributed by atoms with Gasteiger partial charge in [-0.2, -0.15) is 5.10 Å². The maximum Gasteiger partial charge on any atom is 0.329 e. The molecule has 1 aromatic carbocycles. The maximum absolute atomic E-state index is 11.6. The lowest BCUT2D eigenvalue weighted by Crippen LogP contribution is -2.32. The number of rotatable bonds is 2. The largest absolute Gasteiger partial charge is 0.329 e. The van der Waals surface area contributed by atoms with E-state index in [2.05, 4.69) is 31.8 Å². The minimum Gasteiger partial charge on any atom is -0.318 e. The van der Waals surface area contributed by atoms with Gasteiger partial charge in [-0.25, -0.2) is 5.43 Å². The molecule has 0 radical (unpaired) electrons. The van der Waals surface area contributed by atoms with Gasteiger partial charge in [0, 0.05) is 15.9 Å². The molecule has 0 spiro atoms. The van der Waals surface area contributed by atoms with E-state index in [-0.39, 0.29) is 0 Å². The minimum atomic E-state index is -0.751. The lowest BCUT2D eigenvalue weighted by atomic mass is 10.3. The van der Waals surface area contributed by atoms with Crippen molar-refractivity contribution in [1.82, 2.24) is 5.43 Å². The SMILES string of the molecule is O=C(NN=C1CCCC1)C(=O)Nc1cccc(Br)c1.